The van der Waals surface area contributed by atoms with Gasteiger partial charge in [-0.1, -0.05) is 0 Å². The summed E-state index contributed by atoms with van der Waals surface area (Å²) in [5, 5.41) is 0. The smallest absolute Gasteiger partial charge is 0.0607 e. The van der Waals surface area contributed by atoms with Crippen LogP contribution in [0.3, 0.4) is 0 Å². The van der Waals surface area contributed by atoms with Crippen LogP contribution in [0.15, 0.2) is 18.3 Å². The van der Waals surface area contributed by atoms with Crippen molar-refractivity contribution in [3.05, 3.63) is 29.6 Å². The summed E-state index contributed by atoms with van der Waals surface area (Å²) < 4.78 is 0.639. The number of aryl methyl sites for hydroxylation is 1. The Bertz CT molecular complexity index is 347. The van der Waals surface area contributed by atoms with Crippen molar-refractivity contribution >= 4 is 20.1 Å². The van der Waals surface area contributed by atoms with Gasteiger partial charge in [0.2, 0.25) is 0 Å². The molecule has 1 aromatic heterocycles. The fourth-order valence-corrected chi connectivity index (χ4v) is 10.9. The number of hydrogen-bond acceptors (Lipinski definition) is 1. The monoisotopic (exact) mass is 259 g/mol. The SMILES string of the molecule is Cc1ccnc(C(S(C)(C)C)S(C)(C)C)c1. The standard InChI is InChI=1S/C13H25NS2/c1-11-8-9-14-12(10-11)13(15(2,3)4)16(5,6)7/h8-10,13H,1-7H3. The van der Waals surface area contributed by atoms with E-state index in [0.717, 1.165) is 0 Å². The highest BCUT2D eigenvalue weighted by atomic mass is 32.3. The quantitative estimate of drug-likeness (QED) is 0.805. The maximum absolute atomic E-state index is 4.61. The summed E-state index contributed by atoms with van der Waals surface area (Å²) in [6.45, 7) is 2.15. The van der Waals surface area contributed by atoms with Crippen molar-refractivity contribution in [2.75, 3.05) is 37.5 Å². The lowest BCUT2D eigenvalue weighted by Gasteiger charge is -2.47. The van der Waals surface area contributed by atoms with Gasteiger partial charge in [0, 0.05) is 6.20 Å². The van der Waals surface area contributed by atoms with Gasteiger partial charge in [-0.25, -0.2) is 20.1 Å². The zero-order chi connectivity index (χ0) is 12.6. The van der Waals surface area contributed by atoms with E-state index in [4.69, 9.17) is 0 Å². The predicted molar refractivity (Wildman–Crippen MR) is 82.4 cm³/mol. The molecule has 94 valence electrons. The highest BCUT2D eigenvalue weighted by molar-refractivity contribution is 8.47. The van der Waals surface area contributed by atoms with Crippen LogP contribution in [0.2, 0.25) is 0 Å². The molecule has 0 N–H and O–H groups in total. The van der Waals surface area contributed by atoms with E-state index in [-0.39, 0.29) is 0 Å². The van der Waals surface area contributed by atoms with Crippen molar-refractivity contribution in [1.29, 1.82) is 0 Å². The van der Waals surface area contributed by atoms with Crippen LogP contribution in [0.25, 0.3) is 0 Å². The predicted octanol–water partition coefficient (Wildman–Crippen LogP) is 3.78. The van der Waals surface area contributed by atoms with Crippen molar-refractivity contribution < 1.29 is 0 Å². The highest BCUT2D eigenvalue weighted by Crippen LogP contribution is 2.68. The summed E-state index contributed by atoms with van der Waals surface area (Å²) in [5.74, 6) is 0. The first-order chi connectivity index (χ1) is 7.12. The Labute approximate surface area is 104 Å². The van der Waals surface area contributed by atoms with Gasteiger partial charge in [0.1, 0.15) is 0 Å². The molecule has 0 bridgehead atoms. The Balaban J connectivity index is 3.23. The molecule has 0 saturated carbocycles. The van der Waals surface area contributed by atoms with Crippen LogP contribution in [0.5, 0.6) is 0 Å². The minimum absolute atomic E-state index is 0.618. The third kappa shape index (κ3) is 3.42. The average molecular weight is 259 g/mol. The first-order valence-corrected chi connectivity index (χ1v) is 11.2. The minimum Gasteiger partial charge on any atom is -0.259 e. The Hall–Kier alpha value is -0.150. The summed E-state index contributed by atoms with van der Waals surface area (Å²) >= 11 is 0. The molecule has 0 fully saturated rings. The summed E-state index contributed by atoms with van der Waals surface area (Å²) in [6, 6.07) is 4.34. The van der Waals surface area contributed by atoms with Crippen LogP contribution in [0.1, 0.15) is 15.8 Å². The summed E-state index contributed by atoms with van der Waals surface area (Å²) in [7, 11) is -1.24. The van der Waals surface area contributed by atoms with Crippen LogP contribution in [0.4, 0.5) is 0 Å². The molecule has 0 spiro atoms. The van der Waals surface area contributed by atoms with Gasteiger partial charge in [-0.05, 0) is 62.2 Å². The third-order valence-corrected chi connectivity index (χ3v) is 8.98. The van der Waals surface area contributed by atoms with Crippen molar-refractivity contribution in [2.24, 2.45) is 0 Å². The number of aromatic nitrogens is 1. The van der Waals surface area contributed by atoms with Crippen LogP contribution in [0, 0.1) is 6.92 Å². The summed E-state index contributed by atoms with van der Waals surface area (Å²) in [4.78, 5) is 4.61. The second kappa shape index (κ2) is 4.61. The van der Waals surface area contributed by atoms with Crippen LogP contribution in [-0.4, -0.2) is 42.5 Å². The molecule has 0 atom stereocenters. The number of rotatable bonds is 3. The molecule has 1 aromatic rings. The Morgan fingerprint density at radius 1 is 1.00 bits per heavy atom. The molecule has 1 nitrogen and oxygen atoms in total. The summed E-state index contributed by atoms with van der Waals surface area (Å²) in [5.41, 5.74) is 2.62. The average Bonchev–Trinajstić information content (AvgIpc) is 1.97. The van der Waals surface area contributed by atoms with E-state index in [1.54, 1.807) is 0 Å². The van der Waals surface area contributed by atoms with Gasteiger partial charge in [-0.3, -0.25) is 4.98 Å². The number of nitrogens with zero attached hydrogens (tertiary/aromatic N) is 1. The fraction of sp³-hybridized carbons (Fsp3) is 0.615. The molecule has 16 heavy (non-hydrogen) atoms. The molecule has 0 unspecified atom stereocenters. The lowest BCUT2D eigenvalue weighted by atomic mass is 10.2. The second-order valence-corrected chi connectivity index (χ2v) is 14.9. The van der Waals surface area contributed by atoms with Gasteiger partial charge >= 0.3 is 0 Å². The Kier molecular flexibility index (Phi) is 4.01. The largest absolute Gasteiger partial charge is 0.259 e. The van der Waals surface area contributed by atoms with E-state index in [2.05, 4.69) is 61.6 Å². The van der Waals surface area contributed by atoms with E-state index in [1.165, 1.54) is 11.3 Å². The zero-order valence-corrected chi connectivity index (χ0v) is 13.2. The molecular formula is C13H25NS2. The van der Waals surface area contributed by atoms with Crippen LogP contribution < -0.4 is 0 Å². The van der Waals surface area contributed by atoms with Gasteiger partial charge in [0.15, 0.2) is 0 Å². The number of pyridine rings is 1. The van der Waals surface area contributed by atoms with Gasteiger partial charge in [-0.15, -0.1) is 0 Å². The maximum Gasteiger partial charge on any atom is 0.0607 e. The molecule has 0 radical (unpaired) electrons. The molecular weight excluding hydrogens is 234 g/mol. The first kappa shape index (κ1) is 13.9. The molecule has 0 aliphatic rings. The lowest BCUT2D eigenvalue weighted by molar-refractivity contribution is 1.13. The zero-order valence-electron chi connectivity index (χ0n) is 11.6. The molecule has 0 aliphatic carbocycles. The van der Waals surface area contributed by atoms with Crippen molar-refractivity contribution in [3.8, 4) is 0 Å². The molecule has 3 heteroatoms. The Morgan fingerprint density at radius 3 is 1.88 bits per heavy atom. The normalized spacial score (nSPS) is 15.2. The van der Waals surface area contributed by atoms with Crippen LogP contribution in [-0.2, 0) is 0 Å². The molecule has 1 rings (SSSR count). The summed E-state index contributed by atoms with van der Waals surface area (Å²) in [6.07, 6.45) is 16.4. The highest BCUT2D eigenvalue weighted by Gasteiger charge is 2.31. The van der Waals surface area contributed by atoms with Crippen molar-refractivity contribution in [2.45, 2.75) is 11.5 Å². The van der Waals surface area contributed by atoms with Crippen LogP contribution >= 0.6 is 20.1 Å². The van der Waals surface area contributed by atoms with E-state index < -0.39 is 20.1 Å². The molecule has 0 aliphatic heterocycles. The minimum atomic E-state index is -0.618. The van der Waals surface area contributed by atoms with Crippen molar-refractivity contribution in [1.82, 2.24) is 4.98 Å². The lowest BCUT2D eigenvalue weighted by Crippen LogP contribution is -2.15. The molecule has 0 aromatic carbocycles. The van der Waals surface area contributed by atoms with Gasteiger partial charge < -0.3 is 0 Å². The Morgan fingerprint density at radius 2 is 1.50 bits per heavy atom. The molecule has 0 saturated heterocycles. The fourth-order valence-electron chi connectivity index (χ4n) is 2.28. The van der Waals surface area contributed by atoms with Gasteiger partial charge in [-0.2, -0.15) is 0 Å². The maximum atomic E-state index is 4.61. The third-order valence-electron chi connectivity index (χ3n) is 2.46. The van der Waals surface area contributed by atoms with E-state index in [1.807, 2.05) is 6.20 Å². The second-order valence-electron chi connectivity index (χ2n) is 5.95. The van der Waals surface area contributed by atoms with Gasteiger partial charge in [0.25, 0.3) is 0 Å². The van der Waals surface area contributed by atoms with Gasteiger partial charge in [0.05, 0.1) is 10.3 Å². The van der Waals surface area contributed by atoms with E-state index in [0.29, 0.717) is 4.58 Å². The van der Waals surface area contributed by atoms with Crippen molar-refractivity contribution in [3.63, 3.8) is 0 Å². The van der Waals surface area contributed by atoms with E-state index in [9.17, 15) is 0 Å². The molecule has 1 heterocycles. The number of hydrogen-bond donors (Lipinski definition) is 0. The first-order valence-electron chi connectivity index (χ1n) is 5.39. The topological polar surface area (TPSA) is 12.9 Å². The van der Waals surface area contributed by atoms with E-state index >= 15 is 0 Å². The molecule has 0 amide bonds.